The average Bonchev–Trinajstić information content (AvgIpc) is 2.30. The number of nitrogens with zero attached hydrogens (tertiary/aromatic N) is 2. The Morgan fingerprint density at radius 2 is 2.07 bits per heavy atom. The first-order valence-electron chi connectivity index (χ1n) is 4.61. The van der Waals surface area contributed by atoms with Crippen LogP contribution < -0.4 is 0 Å². The van der Waals surface area contributed by atoms with E-state index in [1.54, 1.807) is 6.20 Å². The van der Waals surface area contributed by atoms with Crippen molar-refractivity contribution in [2.75, 3.05) is 0 Å². The van der Waals surface area contributed by atoms with Crippen LogP contribution in [0.2, 0.25) is 0 Å². The molecule has 1 aromatic carbocycles. The Hall–Kier alpha value is -2.32. The summed E-state index contributed by atoms with van der Waals surface area (Å²) < 4.78 is 0. The second kappa shape index (κ2) is 4.26. The van der Waals surface area contributed by atoms with Gasteiger partial charge in [-0.2, -0.15) is 5.26 Å². The first kappa shape index (κ1) is 9.24. The van der Waals surface area contributed by atoms with Crippen LogP contribution in [0.1, 0.15) is 12.1 Å². The molecule has 0 amide bonds. The molecule has 0 N–H and O–H groups in total. The SMILES string of the molecule is N#CCC#Cc1nccc2ccccc12. The van der Waals surface area contributed by atoms with E-state index in [1.807, 2.05) is 36.4 Å². The zero-order chi connectivity index (χ0) is 10.5. The zero-order valence-corrected chi connectivity index (χ0v) is 8.07. The van der Waals surface area contributed by atoms with Crippen molar-refractivity contribution in [2.45, 2.75) is 6.42 Å². The van der Waals surface area contributed by atoms with Gasteiger partial charge < -0.3 is 0 Å². The molecule has 0 saturated carbocycles. The van der Waals surface area contributed by atoms with Gasteiger partial charge in [-0.3, -0.25) is 0 Å². The van der Waals surface area contributed by atoms with Crippen LogP contribution >= 0.6 is 0 Å². The highest BCUT2D eigenvalue weighted by atomic mass is 14.7. The lowest BCUT2D eigenvalue weighted by Gasteiger charge is -1.97. The van der Waals surface area contributed by atoms with Gasteiger partial charge in [-0.25, -0.2) is 4.98 Å². The molecule has 0 aliphatic rings. The molecular formula is C13H8N2. The third kappa shape index (κ3) is 1.95. The Morgan fingerprint density at radius 3 is 2.93 bits per heavy atom. The van der Waals surface area contributed by atoms with Gasteiger partial charge >= 0.3 is 0 Å². The van der Waals surface area contributed by atoms with Crippen molar-refractivity contribution in [3.63, 3.8) is 0 Å². The second-order valence-corrected chi connectivity index (χ2v) is 3.02. The molecule has 0 atom stereocenters. The van der Waals surface area contributed by atoms with Crippen LogP contribution in [0.3, 0.4) is 0 Å². The highest BCUT2D eigenvalue weighted by molar-refractivity contribution is 5.86. The molecule has 0 unspecified atom stereocenters. The molecule has 1 heterocycles. The Labute approximate surface area is 88.2 Å². The summed E-state index contributed by atoms with van der Waals surface area (Å²) in [6.45, 7) is 0. The molecule has 1 aromatic heterocycles. The van der Waals surface area contributed by atoms with Crippen molar-refractivity contribution < 1.29 is 0 Å². The summed E-state index contributed by atoms with van der Waals surface area (Å²) in [6, 6.07) is 11.9. The first-order chi connectivity index (χ1) is 7.42. The normalized spacial score (nSPS) is 9.00. The summed E-state index contributed by atoms with van der Waals surface area (Å²) >= 11 is 0. The van der Waals surface area contributed by atoms with Crippen LogP contribution in [-0.2, 0) is 0 Å². The monoisotopic (exact) mass is 192 g/mol. The number of hydrogen-bond acceptors (Lipinski definition) is 2. The molecule has 0 aliphatic heterocycles. The second-order valence-electron chi connectivity index (χ2n) is 3.02. The minimum atomic E-state index is 0.241. The molecule has 0 spiro atoms. The molecule has 0 fully saturated rings. The highest BCUT2D eigenvalue weighted by Crippen LogP contribution is 2.14. The first-order valence-corrected chi connectivity index (χ1v) is 4.61. The topological polar surface area (TPSA) is 36.7 Å². The van der Waals surface area contributed by atoms with Crippen molar-refractivity contribution in [3.05, 3.63) is 42.2 Å². The Bertz CT molecular complexity index is 577. The predicted octanol–water partition coefficient (Wildman–Crippen LogP) is 2.50. The van der Waals surface area contributed by atoms with Crippen molar-refractivity contribution in [2.24, 2.45) is 0 Å². The molecule has 0 bridgehead atoms. The van der Waals surface area contributed by atoms with Gasteiger partial charge in [0.2, 0.25) is 0 Å². The van der Waals surface area contributed by atoms with E-state index in [4.69, 9.17) is 5.26 Å². The molecular weight excluding hydrogens is 184 g/mol. The smallest absolute Gasteiger partial charge is 0.120 e. The Kier molecular flexibility index (Phi) is 2.63. The van der Waals surface area contributed by atoms with E-state index in [9.17, 15) is 0 Å². The van der Waals surface area contributed by atoms with Gasteiger partial charge in [0.15, 0.2) is 0 Å². The summed E-state index contributed by atoms with van der Waals surface area (Å²) in [6.07, 6.45) is 1.98. The minimum absolute atomic E-state index is 0.241. The lowest BCUT2D eigenvalue weighted by atomic mass is 10.1. The number of nitriles is 1. The third-order valence-electron chi connectivity index (χ3n) is 2.05. The third-order valence-corrected chi connectivity index (χ3v) is 2.05. The largest absolute Gasteiger partial charge is 0.247 e. The van der Waals surface area contributed by atoms with Gasteiger partial charge in [0.25, 0.3) is 0 Å². The molecule has 2 aromatic rings. The fraction of sp³-hybridized carbons (Fsp3) is 0.0769. The number of aromatic nitrogens is 1. The maximum atomic E-state index is 8.38. The predicted molar refractivity (Wildman–Crippen MR) is 58.9 cm³/mol. The van der Waals surface area contributed by atoms with Crippen molar-refractivity contribution in [1.82, 2.24) is 4.98 Å². The standard InChI is InChI=1S/C13H8N2/c14-9-4-3-7-13-12-6-2-1-5-11(12)8-10-15-13/h1-2,5-6,8,10H,4H2. The minimum Gasteiger partial charge on any atom is -0.247 e. The van der Waals surface area contributed by atoms with Crippen LogP contribution in [0.4, 0.5) is 0 Å². The van der Waals surface area contributed by atoms with E-state index in [2.05, 4.69) is 16.8 Å². The lowest BCUT2D eigenvalue weighted by Crippen LogP contribution is -1.84. The number of benzene rings is 1. The maximum absolute atomic E-state index is 8.38. The van der Waals surface area contributed by atoms with Crippen LogP contribution in [0.15, 0.2) is 36.5 Å². The molecule has 2 nitrogen and oxygen atoms in total. The molecule has 15 heavy (non-hydrogen) atoms. The molecule has 70 valence electrons. The number of pyridine rings is 1. The molecule has 0 radical (unpaired) electrons. The molecule has 0 aliphatic carbocycles. The van der Waals surface area contributed by atoms with Crippen LogP contribution in [0.5, 0.6) is 0 Å². The summed E-state index contributed by atoms with van der Waals surface area (Å²) in [7, 11) is 0. The van der Waals surface area contributed by atoms with Crippen molar-refractivity contribution >= 4 is 10.8 Å². The van der Waals surface area contributed by atoms with Crippen molar-refractivity contribution in [1.29, 1.82) is 5.26 Å². The Morgan fingerprint density at radius 1 is 1.20 bits per heavy atom. The van der Waals surface area contributed by atoms with Crippen LogP contribution in [0.25, 0.3) is 10.8 Å². The summed E-state index contributed by atoms with van der Waals surface area (Å²) in [4.78, 5) is 4.20. The van der Waals surface area contributed by atoms with E-state index >= 15 is 0 Å². The number of hydrogen-bond donors (Lipinski definition) is 0. The van der Waals surface area contributed by atoms with Crippen LogP contribution in [0, 0.1) is 23.2 Å². The highest BCUT2D eigenvalue weighted by Gasteiger charge is 1.96. The lowest BCUT2D eigenvalue weighted by molar-refractivity contribution is 1.32. The van der Waals surface area contributed by atoms with Gasteiger partial charge in [-0.05, 0) is 17.4 Å². The fourth-order valence-electron chi connectivity index (χ4n) is 1.39. The van der Waals surface area contributed by atoms with Gasteiger partial charge in [-0.1, -0.05) is 30.2 Å². The van der Waals surface area contributed by atoms with E-state index < -0.39 is 0 Å². The van der Waals surface area contributed by atoms with Gasteiger partial charge in [0, 0.05) is 11.6 Å². The summed E-state index contributed by atoms with van der Waals surface area (Å²) in [5.74, 6) is 5.67. The Balaban J connectivity index is 2.54. The van der Waals surface area contributed by atoms with E-state index in [0.717, 1.165) is 16.5 Å². The van der Waals surface area contributed by atoms with E-state index in [1.165, 1.54) is 0 Å². The van der Waals surface area contributed by atoms with Gasteiger partial charge in [0.1, 0.15) is 5.69 Å². The van der Waals surface area contributed by atoms with Gasteiger partial charge in [0.05, 0.1) is 12.5 Å². The summed E-state index contributed by atoms with van der Waals surface area (Å²) in [5, 5.41) is 10.5. The molecule has 2 heteroatoms. The fourth-order valence-corrected chi connectivity index (χ4v) is 1.39. The van der Waals surface area contributed by atoms with E-state index in [-0.39, 0.29) is 6.42 Å². The number of rotatable bonds is 0. The average molecular weight is 192 g/mol. The van der Waals surface area contributed by atoms with E-state index in [0.29, 0.717) is 0 Å². The number of fused-ring (bicyclic) bond motifs is 1. The van der Waals surface area contributed by atoms with Gasteiger partial charge in [-0.15, -0.1) is 0 Å². The molecule has 0 saturated heterocycles. The maximum Gasteiger partial charge on any atom is 0.120 e. The van der Waals surface area contributed by atoms with Crippen LogP contribution in [-0.4, -0.2) is 4.98 Å². The quantitative estimate of drug-likeness (QED) is 0.601. The molecule has 2 rings (SSSR count). The zero-order valence-electron chi connectivity index (χ0n) is 8.07. The van der Waals surface area contributed by atoms with Crippen molar-refractivity contribution in [3.8, 4) is 17.9 Å². The summed E-state index contributed by atoms with van der Waals surface area (Å²) in [5.41, 5.74) is 0.739.